The first-order valence-corrected chi connectivity index (χ1v) is 14.8. The molecule has 0 saturated heterocycles. The van der Waals surface area contributed by atoms with Crippen LogP contribution in [0.3, 0.4) is 0 Å². The number of carbonyl (C=O) groups is 2. The van der Waals surface area contributed by atoms with E-state index < -0.39 is 0 Å². The van der Waals surface area contributed by atoms with Crippen molar-refractivity contribution < 1.29 is 9.59 Å². The van der Waals surface area contributed by atoms with Gasteiger partial charge in [0.15, 0.2) is 0 Å². The summed E-state index contributed by atoms with van der Waals surface area (Å²) in [6.45, 7) is 30.4. The first-order chi connectivity index (χ1) is 17.4. The van der Waals surface area contributed by atoms with Gasteiger partial charge in [0.2, 0.25) is 11.8 Å². The summed E-state index contributed by atoms with van der Waals surface area (Å²) in [6.07, 6.45) is 3.17. The third kappa shape index (κ3) is 25.1. The average molecular weight is 541 g/mol. The molecule has 6 N–H and O–H groups in total. The van der Waals surface area contributed by atoms with Gasteiger partial charge >= 0.3 is 0 Å². The molecule has 0 aromatic heterocycles. The van der Waals surface area contributed by atoms with Crippen LogP contribution in [0.15, 0.2) is 0 Å². The summed E-state index contributed by atoms with van der Waals surface area (Å²) in [5, 5.41) is 19.6. The van der Waals surface area contributed by atoms with Crippen molar-refractivity contribution in [2.75, 3.05) is 65.4 Å². The molecule has 0 aromatic rings. The van der Waals surface area contributed by atoms with E-state index in [1.165, 1.54) is 0 Å². The fraction of sp³-hybridized carbons (Fsp3) is 0.933. The SMILES string of the molecule is CC(C)(C)CC(C)(C)CNC(=O)CCNCCNCCNCCNCCC(=O)NCC(C)(C)CC(C)(C)C. The topological polar surface area (TPSA) is 106 Å². The van der Waals surface area contributed by atoms with Gasteiger partial charge in [-0.05, 0) is 34.5 Å². The lowest BCUT2D eigenvalue weighted by molar-refractivity contribution is -0.122. The second-order valence-electron chi connectivity index (χ2n) is 14.9. The van der Waals surface area contributed by atoms with Crippen molar-refractivity contribution >= 4 is 11.8 Å². The Morgan fingerprint density at radius 1 is 0.447 bits per heavy atom. The van der Waals surface area contributed by atoms with Crippen LogP contribution in [-0.2, 0) is 9.59 Å². The Balaban J connectivity index is 3.54. The lowest BCUT2D eigenvalue weighted by atomic mass is 9.76. The summed E-state index contributed by atoms with van der Waals surface area (Å²) < 4.78 is 0. The normalized spacial score (nSPS) is 13.0. The van der Waals surface area contributed by atoms with E-state index in [0.717, 1.165) is 65.2 Å². The van der Waals surface area contributed by atoms with Crippen LogP contribution in [0, 0.1) is 21.7 Å². The van der Waals surface area contributed by atoms with Crippen LogP contribution in [0.1, 0.15) is 94.9 Å². The molecule has 0 aliphatic carbocycles. The number of hydrogen-bond donors (Lipinski definition) is 6. The fourth-order valence-electron chi connectivity index (χ4n) is 5.28. The second kappa shape index (κ2) is 18.2. The molecule has 0 spiro atoms. The zero-order valence-corrected chi connectivity index (χ0v) is 26.7. The maximum Gasteiger partial charge on any atom is 0.221 e. The number of hydrogen-bond acceptors (Lipinski definition) is 6. The van der Waals surface area contributed by atoms with Gasteiger partial charge in [-0.2, -0.15) is 0 Å². The van der Waals surface area contributed by atoms with Gasteiger partial charge in [-0.15, -0.1) is 0 Å². The van der Waals surface area contributed by atoms with E-state index in [1.807, 2.05) is 0 Å². The van der Waals surface area contributed by atoms with Gasteiger partial charge in [0.05, 0.1) is 0 Å². The second-order valence-corrected chi connectivity index (χ2v) is 14.9. The smallest absolute Gasteiger partial charge is 0.221 e. The van der Waals surface area contributed by atoms with Crippen LogP contribution in [0.2, 0.25) is 0 Å². The summed E-state index contributed by atoms with van der Waals surface area (Å²) in [4.78, 5) is 24.2. The molecule has 0 saturated carbocycles. The third-order valence-electron chi connectivity index (χ3n) is 6.04. The molecule has 8 heteroatoms. The maximum absolute atomic E-state index is 12.1. The molecule has 0 radical (unpaired) electrons. The van der Waals surface area contributed by atoms with E-state index in [2.05, 4.69) is 101 Å². The van der Waals surface area contributed by atoms with Gasteiger partial charge in [-0.25, -0.2) is 0 Å². The number of carbonyl (C=O) groups excluding carboxylic acids is 2. The minimum Gasteiger partial charge on any atom is -0.356 e. The molecule has 0 aliphatic heterocycles. The van der Waals surface area contributed by atoms with Crippen molar-refractivity contribution in [3.8, 4) is 0 Å². The van der Waals surface area contributed by atoms with E-state index in [-0.39, 0.29) is 33.5 Å². The summed E-state index contributed by atoms with van der Waals surface area (Å²) in [6, 6.07) is 0. The Hall–Kier alpha value is -1.22. The summed E-state index contributed by atoms with van der Waals surface area (Å²) in [5.41, 5.74) is 0.736. The van der Waals surface area contributed by atoms with Gasteiger partial charge < -0.3 is 31.9 Å². The summed E-state index contributed by atoms with van der Waals surface area (Å²) in [5.74, 6) is 0.233. The predicted molar refractivity (Wildman–Crippen MR) is 162 cm³/mol. The molecular weight excluding hydrogens is 476 g/mol. The van der Waals surface area contributed by atoms with Crippen molar-refractivity contribution in [3.05, 3.63) is 0 Å². The molecule has 0 atom stereocenters. The lowest BCUT2D eigenvalue weighted by Gasteiger charge is -2.32. The highest BCUT2D eigenvalue weighted by Gasteiger charge is 2.26. The van der Waals surface area contributed by atoms with Gasteiger partial charge in [-0.3, -0.25) is 9.59 Å². The van der Waals surface area contributed by atoms with Gasteiger partial charge in [0.25, 0.3) is 0 Å². The zero-order valence-electron chi connectivity index (χ0n) is 26.7. The summed E-state index contributed by atoms with van der Waals surface area (Å²) in [7, 11) is 0. The standard InChI is InChI=1S/C30H64N6O2/c1-27(2,3)21-29(7,8)23-35-25(37)11-13-31-15-17-33-19-20-34-18-16-32-14-12-26(38)36-24-30(9,10)22-28(4,5)6/h31-34H,11-24H2,1-10H3,(H,35,37)(H,36,38). The Bertz CT molecular complexity index is 594. The Labute approximate surface area is 235 Å². The highest BCUT2D eigenvalue weighted by Crippen LogP contribution is 2.33. The minimum absolute atomic E-state index is 0.106. The monoisotopic (exact) mass is 541 g/mol. The first kappa shape index (κ1) is 36.8. The third-order valence-corrected chi connectivity index (χ3v) is 6.04. The van der Waals surface area contributed by atoms with E-state index in [9.17, 15) is 9.59 Å². The summed E-state index contributed by atoms with van der Waals surface area (Å²) >= 11 is 0. The number of rotatable bonds is 21. The molecule has 0 aromatic carbocycles. The molecule has 0 bridgehead atoms. The van der Waals surface area contributed by atoms with Crippen molar-refractivity contribution in [3.63, 3.8) is 0 Å². The van der Waals surface area contributed by atoms with Crippen LogP contribution in [0.4, 0.5) is 0 Å². The first-order valence-electron chi connectivity index (χ1n) is 14.8. The Kier molecular flexibility index (Phi) is 17.6. The molecule has 2 amide bonds. The number of amides is 2. The van der Waals surface area contributed by atoms with Crippen LogP contribution < -0.4 is 31.9 Å². The minimum atomic E-state index is 0.106. The molecule has 0 heterocycles. The quantitative estimate of drug-likeness (QED) is 0.125. The predicted octanol–water partition coefficient (Wildman–Crippen LogP) is 3.28. The van der Waals surface area contributed by atoms with E-state index in [1.54, 1.807) is 0 Å². The van der Waals surface area contributed by atoms with E-state index >= 15 is 0 Å². The van der Waals surface area contributed by atoms with Crippen molar-refractivity contribution in [1.29, 1.82) is 0 Å². The van der Waals surface area contributed by atoms with Gasteiger partial charge in [0.1, 0.15) is 0 Å². The van der Waals surface area contributed by atoms with Crippen LogP contribution in [-0.4, -0.2) is 77.3 Å². The van der Waals surface area contributed by atoms with Crippen LogP contribution in [0.25, 0.3) is 0 Å². The Morgan fingerprint density at radius 3 is 0.974 bits per heavy atom. The Morgan fingerprint density at radius 2 is 0.711 bits per heavy atom. The molecule has 0 rings (SSSR count). The highest BCUT2D eigenvalue weighted by molar-refractivity contribution is 5.76. The molecular formula is C30H64N6O2. The molecule has 38 heavy (non-hydrogen) atoms. The van der Waals surface area contributed by atoms with Crippen molar-refractivity contribution in [2.24, 2.45) is 21.7 Å². The highest BCUT2D eigenvalue weighted by atomic mass is 16.2. The van der Waals surface area contributed by atoms with E-state index in [4.69, 9.17) is 0 Å². The fourth-order valence-corrected chi connectivity index (χ4v) is 5.28. The lowest BCUT2D eigenvalue weighted by Crippen LogP contribution is -2.38. The number of nitrogens with one attached hydrogen (secondary N) is 6. The van der Waals surface area contributed by atoms with Crippen LogP contribution in [0.5, 0.6) is 0 Å². The van der Waals surface area contributed by atoms with E-state index in [0.29, 0.717) is 25.9 Å². The molecule has 0 aliphatic rings. The molecule has 0 fully saturated rings. The van der Waals surface area contributed by atoms with Crippen molar-refractivity contribution in [1.82, 2.24) is 31.9 Å². The largest absolute Gasteiger partial charge is 0.356 e. The zero-order chi connectivity index (χ0) is 29.3. The van der Waals surface area contributed by atoms with Crippen molar-refractivity contribution in [2.45, 2.75) is 94.9 Å². The average Bonchev–Trinajstić information content (AvgIpc) is 2.73. The van der Waals surface area contributed by atoms with Gasteiger partial charge in [-0.1, -0.05) is 69.2 Å². The molecule has 226 valence electrons. The molecule has 0 unspecified atom stereocenters. The maximum atomic E-state index is 12.1. The molecule has 8 nitrogen and oxygen atoms in total. The van der Waals surface area contributed by atoms with Gasteiger partial charge in [0, 0.05) is 78.3 Å². The van der Waals surface area contributed by atoms with Crippen LogP contribution >= 0.6 is 0 Å².